The molecule has 0 heterocycles. The van der Waals surface area contributed by atoms with E-state index in [1.54, 1.807) is 37.3 Å². The zero-order valence-corrected chi connectivity index (χ0v) is 12.0. The number of nitrogen functional groups attached to an aromatic ring is 1. The number of hydrogen-bond acceptors (Lipinski definition) is 3. The highest BCUT2D eigenvalue weighted by atomic mass is 19.1. The average Bonchev–Trinajstić information content (AvgIpc) is 2.47. The zero-order chi connectivity index (χ0) is 15.4. The molecule has 0 bridgehead atoms. The van der Waals surface area contributed by atoms with E-state index in [2.05, 4.69) is 10.7 Å². The van der Waals surface area contributed by atoms with Crippen molar-refractivity contribution >= 4 is 11.6 Å². The van der Waals surface area contributed by atoms with E-state index in [4.69, 9.17) is 5.84 Å². The number of carbonyl (C=O) groups is 1. The maximum Gasteiger partial charge on any atom is 0.253 e. The molecule has 0 spiro atoms. The van der Waals surface area contributed by atoms with Gasteiger partial charge in [0.05, 0.1) is 17.3 Å². The third-order valence-electron chi connectivity index (χ3n) is 3.29. The molecule has 2 rings (SSSR count). The van der Waals surface area contributed by atoms with Crippen LogP contribution in [0.2, 0.25) is 0 Å². The summed E-state index contributed by atoms with van der Waals surface area (Å²) in [5, 5.41) is 2.77. The van der Waals surface area contributed by atoms with Gasteiger partial charge in [-0.2, -0.15) is 0 Å². The number of anilines is 1. The van der Waals surface area contributed by atoms with Crippen LogP contribution in [0.5, 0.6) is 0 Å². The molecule has 4 nitrogen and oxygen atoms in total. The summed E-state index contributed by atoms with van der Waals surface area (Å²) in [6.07, 6.45) is 0. The van der Waals surface area contributed by atoms with Crippen molar-refractivity contribution in [3.05, 3.63) is 65.0 Å². The molecule has 2 aromatic rings. The number of amides is 1. The number of rotatable bonds is 4. The molecule has 0 aliphatic carbocycles. The Morgan fingerprint density at radius 3 is 2.62 bits per heavy atom. The van der Waals surface area contributed by atoms with Gasteiger partial charge in [-0.1, -0.05) is 24.3 Å². The van der Waals surface area contributed by atoms with E-state index >= 15 is 0 Å². The Morgan fingerprint density at radius 1 is 1.24 bits per heavy atom. The molecular weight excluding hydrogens is 269 g/mol. The van der Waals surface area contributed by atoms with Crippen molar-refractivity contribution in [2.75, 3.05) is 5.43 Å². The zero-order valence-electron chi connectivity index (χ0n) is 12.0. The first-order valence-corrected chi connectivity index (χ1v) is 6.65. The van der Waals surface area contributed by atoms with Crippen molar-refractivity contribution in [3.63, 3.8) is 0 Å². The van der Waals surface area contributed by atoms with E-state index in [9.17, 15) is 9.18 Å². The van der Waals surface area contributed by atoms with Crippen LogP contribution in [0.25, 0.3) is 0 Å². The van der Waals surface area contributed by atoms with Gasteiger partial charge >= 0.3 is 0 Å². The van der Waals surface area contributed by atoms with E-state index < -0.39 is 6.04 Å². The third-order valence-corrected chi connectivity index (χ3v) is 3.29. The smallest absolute Gasteiger partial charge is 0.253 e. The van der Waals surface area contributed by atoms with E-state index in [0.717, 1.165) is 5.56 Å². The Balaban J connectivity index is 2.20. The normalized spacial score (nSPS) is 11.8. The molecule has 0 aliphatic heterocycles. The molecule has 0 aliphatic rings. The molecule has 4 N–H and O–H groups in total. The van der Waals surface area contributed by atoms with Crippen LogP contribution >= 0.6 is 0 Å². The summed E-state index contributed by atoms with van der Waals surface area (Å²) in [4.78, 5) is 12.3. The second kappa shape index (κ2) is 6.37. The highest BCUT2D eigenvalue weighted by molar-refractivity contribution is 5.99. The average molecular weight is 287 g/mol. The topological polar surface area (TPSA) is 67.2 Å². The maximum atomic E-state index is 13.7. The standard InChI is InChI=1S/C16H18FN3O/c1-10-7-8-13(15(9-10)20-18)16(21)19-11(2)12-5-3-4-6-14(12)17/h3-9,11,20H,18H2,1-2H3,(H,19,21). The number of nitrogens with two attached hydrogens (primary N) is 1. The van der Waals surface area contributed by atoms with Crippen molar-refractivity contribution in [2.45, 2.75) is 19.9 Å². The Kier molecular flexibility index (Phi) is 4.55. The summed E-state index contributed by atoms with van der Waals surface area (Å²) < 4.78 is 13.7. The van der Waals surface area contributed by atoms with Gasteiger partial charge < -0.3 is 10.7 Å². The predicted octanol–water partition coefficient (Wildman–Crippen LogP) is 2.91. The fourth-order valence-corrected chi connectivity index (χ4v) is 2.15. The van der Waals surface area contributed by atoms with Gasteiger partial charge in [0, 0.05) is 5.56 Å². The molecule has 0 fully saturated rings. The van der Waals surface area contributed by atoms with Crippen LogP contribution in [-0.4, -0.2) is 5.91 Å². The number of hydrogen-bond donors (Lipinski definition) is 3. The monoisotopic (exact) mass is 287 g/mol. The highest BCUT2D eigenvalue weighted by Crippen LogP contribution is 2.20. The van der Waals surface area contributed by atoms with Crippen molar-refractivity contribution in [1.29, 1.82) is 0 Å². The molecule has 0 saturated heterocycles. The Hall–Kier alpha value is -2.40. The fraction of sp³-hybridized carbons (Fsp3) is 0.188. The van der Waals surface area contributed by atoms with Crippen LogP contribution in [0.4, 0.5) is 10.1 Å². The molecule has 1 unspecified atom stereocenters. The lowest BCUT2D eigenvalue weighted by molar-refractivity contribution is 0.0940. The quantitative estimate of drug-likeness (QED) is 0.598. The largest absolute Gasteiger partial charge is 0.345 e. The van der Waals surface area contributed by atoms with Gasteiger partial charge in [-0.25, -0.2) is 4.39 Å². The lowest BCUT2D eigenvalue weighted by Crippen LogP contribution is -2.28. The fourth-order valence-electron chi connectivity index (χ4n) is 2.15. The molecule has 21 heavy (non-hydrogen) atoms. The summed E-state index contributed by atoms with van der Waals surface area (Å²) in [7, 11) is 0. The van der Waals surface area contributed by atoms with Crippen LogP contribution in [0.3, 0.4) is 0 Å². The Morgan fingerprint density at radius 2 is 1.95 bits per heavy atom. The van der Waals surface area contributed by atoms with Crippen LogP contribution in [0.1, 0.15) is 34.5 Å². The first-order chi connectivity index (χ1) is 10.0. The lowest BCUT2D eigenvalue weighted by Gasteiger charge is -2.16. The van der Waals surface area contributed by atoms with Crippen molar-refractivity contribution < 1.29 is 9.18 Å². The van der Waals surface area contributed by atoms with Gasteiger partial charge in [0.2, 0.25) is 0 Å². The van der Waals surface area contributed by atoms with Crippen LogP contribution in [-0.2, 0) is 0 Å². The van der Waals surface area contributed by atoms with E-state index in [0.29, 0.717) is 16.8 Å². The van der Waals surface area contributed by atoms with Gasteiger partial charge in [0.1, 0.15) is 5.82 Å². The first-order valence-electron chi connectivity index (χ1n) is 6.65. The summed E-state index contributed by atoms with van der Waals surface area (Å²) in [5.41, 5.74) is 4.90. The minimum absolute atomic E-state index is 0.307. The number of nitrogens with one attached hydrogen (secondary N) is 2. The minimum atomic E-state index is -0.439. The molecular formula is C16H18FN3O. The van der Waals surface area contributed by atoms with E-state index in [1.165, 1.54) is 6.07 Å². The Bertz CT molecular complexity index is 658. The Labute approximate surface area is 123 Å². The number of benzene rings is 2. The maximum absolute atomic E-state index is 13.7. The summed E-state index contributed by atoms with van der Waals surface area (Å²) >= 11 is 0. The van der Waals surface area contributed by atoms with E-state index in [1.807, 2.05) is 13.0 Å². The number of hydrazine groups is 1. The van der Waals surface area contributed by atoms with Gasteiger partial charge in [0.15, 0.2) is 0 Å². The predicted molar refractivity (Wildman–Crippen MR) is 81.3 cm³/mol. The number of aryl methyl sites for hydroxylation is 1. The number of carbonyl (C=O) groups excluding carboxylic acids is 1. The van der Waals surface area contributed by atoms with Crippen LogP contribution in [0, 0.1) is 12.7 Å². The van der Waals surface area contributed by atoms with Gasteiger partial charge in [-0.05, 0) is 37.6 Å². The third kappa shape index (κ3) is 3.38. The second-order valence-electron chi connectivity index (χ2n) is 4.91. The molecule has 0 radical (unpaired) electrons. The summed E-state index contributed by atoms with van der Waals surface area (Å²) in [6.45, 7) is 3.64. The van der Waals surface area contributed by atoms with Gasteiger partial charge in [-0.3, -0.25) is 10.6 Å². The van der Waals surface area contributed by atoms with Crippen LogP contribution in [0.15, 0.2) is 42.5 Å². The van der Waals surface area contributed by atoms with Crippen molar-refractivity contribution in [2.24, 2.45) is 5.84 Å². The van der Waals surface area contributed by atoms with Crippen molar-refractivity contribution in [1.82, 2.24) is 5.32 Å². The van der Waals surface area contributed by atoms with Gasteiger partial charge in [0.25, 0.3) is 5.91 Å². The lowest BCUT2D eigenvalue weighted by atomic mass is 10.1. The summed E-state index contributed by atoms with van der Waals surface area (Å²) in [5.74, 6) is 4.79. The SMILES string of the molecule is Cc1ccc(C(=O)NC(C)c2ccccc2F)c(NN)c1. The van der Waals surface area contributed by atoms with E-state index in [-0.39, 0.29) is 11.7 Å². The number of halogens is 1. The first kappa shape index (κ1) is 15.0. The molecule has 110 valence electrons. The van der Waals surface area contributed by atoms with Crippen LogP contribution < -0.4 is 16.6 Å². The van der Waals surface area contributed by atoms with Gasteiger partial charge in [-0.15, -0.1) is 0 Å². The van der Waals surface area contributed by atoms with Crippen molar-refractivity contribution in [3.8, 4) is 0 Å². The second-order valence-corrected chi connectivity index (χ2v) is 4.91. The minimum Gasteiger partial charge on any atom is -0.345 e. The highest BCUT2D eigenvalue weighted by Gasteiger charge is 2.16. The molecule has 0 saturated carbocycles. The molecule has 1 atom stereocenters. The summed E-state index contributed by atoms with van der Waals surface area (Å²) in [6, 6.07) is 11.2. The molecule has 2 aromatic carbocycles. The molecule has 1 amide bonds. The molecule has 5 heteroatoms. The molecule has 0 aromatic heterocycles.